The van der Waals surface area contributed by atoms with E-state index >= 15 is 0 Å². The van der Waals surface area contributed by atoms with E-state index in [1.54, 1.807) is 38.1 Å². The summed E-state index contributed by atoms with van der Waals surface area (Å²) in [5.74, 6) is 2.38. The number of nitrogens with zero attached hydrogens (tertiary/aromatic N) is 3. The highest BCUT2D eigenvalue weighted by Crippen LogP contribution is 2.43. The van der Waals surface area contributed by atoms with Crippen LogP contribution in [0.4, 0.5) is 11.6 Å². The van der Waals surface area contributed by atoms with Gasteiger partial charge < -0.3 is 24.8 Å². The second kappa shape index (κ2) is 12.5. The van der Waals surface area contributed by atoms with Crippen LogP contribution in [-0.4, -0.2) is 42.0 Å². The van der Waals surface area contributed by atoms with Crippen molar-refractivity contribution in [3.63, 3.8) is 0 Å². The first-order chi connectivity index (χ1) is 19.8. The van der Waals surface area contributed by atoms with E-state index in [0.29, 0.717) is 60.6 Å². The number of amides is 1. The zero-order valence-corrected chi connectivity index (χ0v) is 25.9. The van der Waals surface area contributed by atoms with Gasteiger partial charge in [0.1, 0.15) is 11.8 Å². The van der Waals surface area contributed by atoms with Crippen LogP contribution in [0.1, 0.15) is 24.1 Å². The number of allylic oxidation sites excluding steroid dienone is 1. The third kappa shape index (κ3) is 5.88. The lowest BCUT2D eigenvalue weighted by Gasteiger charge is -2.29. The number of aromatic nitrogens is 3. The van der Waals surface area contributed by atoms with Gasteiger partial charge in [0.25, 0.3) is 5.91 Å². The van der Waals surface area contributed by atoms with Gasteiger partial charge in [0.2, 0.25) is 11.1 Å². The second-order valence-corrected chi connectivity index (χ2v) is 11.2. The molecule has 0 saturated carbocycles. The van der Waals surface area contributed by atoms with Gasteiger partial charge in [-0.2, -0.15) is 4.98 Å². The minimum Gasteiger partial charge on any atom is -0.495 e. The van der Waals surface area contributed by atoms with E-state index < -0.39 is 6.04 Å². The largest absolute Gasteiger partial charge is 0.495 e. The van der Waals surface area contributed by atoms with E-state index in [4.69, 9.17) is 35.9 Å². The van der Waals surface area contributed by atoms with Crippen LogP contribution >= 0.6 is 39.3 Å². The van der Waals surface area contributed by atoms with Crippen molar-refractivity contribution in [1.82, 2.24) is 14.8 Å². The number of hydrogen-bond acceptors (Lipinski definition) is 8. The quantitative estimate of drug-likeness (QED) is 0.187. The highest BCUT2D eigenvalue weighted by atomic mass is 79.9. The lowest BCUT2D eigenvalue weighted by molar-refractivity contribution is -0.113. The molecular formula is C29H27BrClN5O4S. The van der Waals surface area contributed by atoms with E-state index in [0.717, 1.165) is 11.1 Å². The average molecular weight is 657 g/mol. The molecule has 1 aliphatic heterocycles. The molecule has 0 fully saturated rings. The Bertz CT molecular complexity index is 1640. The number of thioether (sulfide) groups is 1. The van der Waals surface area contributed by atoms with Crippen LogP contribution in [0.15, 0.2) is 81.6 Å². The Hall–Kier alpha value is -3.67. The molecule has 0 bridgehead atoms. The Morgan fingerprint density at radius 3 is 2.54 bits per heavy atom. The highest BCUT2D eigenvalue weighted by Gasteiger charge is 2.35. The molecule has 12 heteroatoms. The van der Waals surface area contributed by atoms with Crippen molar-refractivity contribution in [1.29, 1.82) is 0 Å². The van der Waals surface area contributed by atoms with Crippen LogP contribution in [0.2, 0.25) is 5.02 Å². The van der Waals surface area contributed by atoms with Crippen LogP contribution in [0.3, 0.4) is 0 Å². The maximum atomic E-state index is 13.9. The molecule has 9 nitrogen and oxygen atoms in total. The third-order valence-corrected chi connectivity index (χ3v) is 8.36. The number of carbonyl (C=O) groups excluding carboxylic acids is 1. The monoisotopic (exact) mass is 655 g/mol. The fraction of sp³-hybridized carbons (Fsp3) is 0.207. The van der Waals surface area contributed by atoms with Crippen molar-refractivity contribution >= 4 is 56.8 Å². The molecule has 212 valence electrons. The molecule has 1 atom stereocenters. The zero-order valence-electron chi connectivity index (χ0n) is 22.7. The molecule has 1 unspecified atom stereocenters. The molecule has 5 rings (SSSR count). The van der Waals surface area contributed by atoms with Gasteiger partial charge in [0.15, 0.2) is 11.5 Å². The minimum atomic E-state index is -0.640. The summed E-state index contributed by atoms with van der Waals surface area (Å²) in [6.07, 6.45) is 0. The van der Waals surface area contributed by atoms with Crippen LogP contribution < -0.4 is 24.8 Å². The number of nitrogens with one attached hydrogen (secondary N) is 2. The average Bonchev–Trinajstić information content (AvgIpc) is 3.38. The van der Waals surface area contributed by atoms with Crippen molar-refractivity contribution in [2.75, 3.05) is 32.0 Å². The summed E-state index contributed by atoms with van der Waals surface area (Å²) in [6, 6.07) is 18.0. The standard InChI is InChI=1S/C29H27BrClN5O4S/c1-16-24(27(37)33-21-11-7-8-12-22(21)38-2)25(18-13-19(30)26(40-4)23(14-18)39-3)36-28(32-16)34-29(35-36)41-15-17-9-5-6-10-20(17)31/h5-14,25H,15H2,1-4H3,(H,33,37)(H,32,34,35). The number of methoxy groups -OCH3 is 3. The molecule has 0 radical (unpaired) electrons. The van der Waals surface area contributed by atoms with Crippen molar-refractivity contribution in [3.8, 4) is 17.2 Å². The third-order valence-electron chi connectivity index (χ3n) is 6.52. The van der Waals surface area contributed by atoms with E-state index in [-0.39, 0.29) is 5.91 Å². The predicted octanol–water partition coefficient (Wildman–Crippen LogP) is 6.94. The summed E-state index contributed by atoms with van der Waals surface area (Å²) in [6.45, 7) is 1.84. The number of halogens is 2. The summed E-state index contributed by atoms with van der Waals surface area (Å²) < 4.78 is 19.0. The second-order valence-electron chi connectivity index (χ2n) is 9.00. The lowest BCUT2D eigenvalue weighted by atomic mass is 9.94. The smallest absolute Gasteiger partial charge is 0.255 e. The lowest BCUT2D eigenvalue weighted by Crippen LogP contribution is -2.31. The van der Waals surface area contributed by atoms with Crippen LogP contribution in [-0.2, 0) is 10.5 Å². The topological polar surface area (TPSA) is 99.5 Å². The van der Waals surface area contributed by atoms with Gasteiger partial charge in [-0.3, -0.25) is 4.79 Å². The molecular weight excluding hydrogens is 630 g/mol. The van der Waals surface area contributed by atoms with E-state index in [9.17, 15) is 4.79 Å². The molecule has 1 aliphatic rings. The molecule has 1 aromatic heterocycles. The first kappa shape index (κ1) is 28.8. The fourth-order valence-corrected chi connectivity index (χ4v) is 6.32. The predicted molar refractivity (Wildman–Crippen MR) is 164 cm³/mol. The van der Waals surface area contributed by atoms with Gasteiger partial charge in [0.05, 0.1) is 37.1 Å². The number of fused-ring (bicyclic) bond motifs is 1. The van der Waals surface area contributed by atoms with Gasteiger partial charge in [-0.1, -0.05) is 53.7 Å². The van der Waals surface area contributed by atoms with Gasteiger partial charge in [0, 0.05) is 16.5 Å². The van der Waals surface area contributed by atoms with E-state index in [2.05, 4.69) is 26.6 Å². The summed E-state index contributed by atoms with van der Waals surface area (Å²) in [5, 5.41) is 12.3. The summed E-state index contributed by atoms with van der Waals surface area (Å²) in [5.41, 5.74) is 3.36. The van der Waals surface area contributed by atoms with Gasteiger partial charge >= 0.3 is 0 Å². The highest BCUT2D eigenvalue weighted by molar-refractivity contribution is 9.10. The van der Waals surface area contributed by atoms with Gasteiger partial charge in [-0.25, -0.2) is 4.68 Å². The number of ether oxygens (including phenoxy) is 3. The number of rotatable bonds is 9. The fourth-order valence-electron chi connectivity index (χ4n) is 4.59. The Labute approximate surface area is 255 Å². The molecule has 0 saturated heterocycles. The summed E-state index contributed by atoms with van der Waals surface area (Å²) >= 11 is 11.4. The Morgan fingerprint density at radius 2 is 1.80 bits per heavy atom. The summed E-state index contributed by atoms with van der Waals surface area (Å²) in [4.78, 5) is 18.7. The van der Waals surface area contributed by atoms with Crippen molar-refractivity contribution in [2.24, 2.45) is 0 Å². The van der Waals surface area contributed by atoms with Crippen molar-refractivity contribution in [3.05, 3.63) is 92.6 Å². The summed E-state index contributed by atoms with van der Waals surface area (Å²) in [7, 11) is 4.70. The molecule has 3 aromatic carbocycles. The molecule has 0 aliphatic carbocycles. The van der Waals surface area contributed by atoms with Crippen molar-refractivity contribution in [2.45, 2.75) is 23.9 Å². The van der Waals surface area contributed by atoms with Gasteiger partial charge in [-0.15, -0.1) is 5.10 Å². The maximum Gasteiger partial charge on any atom is 0.255 e. The number of benzene rings is 3. The van der Waals surface area contributed by atoms with Gasteiger partial charge in [-0.05, 0) is 64.3 Å². The number of para-hydroxylation sites is 2. The van der Waals surface area contributed by atoms with E-state index in [1.807, 2.05) is 55.5 Å². The SMILES string of the molecule is COc1ccccc1NC(=O)C1=C(C)Nc2nc(SCc3ccccc3Cl)nn2C1c1cc(Br)c(OC)c(OC)c1. The molecule has 1 amide bonds. The first-order valence-electron chi connectivity index (χ1n) is 12.5. The first-order valence-corrected chi connectivity index (χ1v) is 14.7. The Morgan fingerprint density at radius 1 is 1.07 bits per heavy atom. The van der Waals surface area contributed by atoms with Crippen molar-refractivity contribution < 1.29 is 19.0 Å². The minimum absolute atomic E-state index is 0.318. The number of anilines is 2. The van der Waals surface area contributed by atoms with E-state index in [1.165, 1.54) is 11.8 Å². The molecule has 4 aromatic rings. The van der Waals surface area contributed by atoms with Crippen LogP contribution in [0.25, 0.3) is 0 Å². The number of hydrogen-bond donors (Lipinski definition) is 2. The van der Waals surface area contributed by atoms with Crippen LogP contribution in [0.5, 0.6) is 17.2 Å². The van der Waals surface area contributed by atoms with Crippen LogP contribution in [0, 0.1) is 0 Å². The molecule has 41 heavy (non-hydrogen) atoms. The molecule has 0 spiro atoms. The normalized spacial score (nSPS) is 14.2. The maximum absolute atomic E-state index is 13.9. The zero-order chi connectivity index (χ0) is 29.1. The Kier molecular flexibility index (Phi) is 8.77. The molecule has 2 N–H and O–H groups in total. The number of carbonyl (C=O) groups is 1. The molecule has 2 heterocycles. The Balaban J connectivity index is 1.57.